The fourth-order valence-corrected chi connectivity index (χ4v) is 1.48. The van der Waals surface area contributed by atoms with Gasteiger partial charge in [0.15, 0.2) is 0 Å². The number of carboxylic acids is 1. The van der Waals surface area contributed by atoms with E-state index in [1.807, 2.05) is 0 Å². The number of carbonyl (C=O) groups is 1. The molecule has 0 aliphatic heterocycles. The van der Waals surface area contributed by atoms with Crippen molar-refractivity contribution in [3.05, 3.63) is 29.6 Å². The minimum Gasteiger partial charge on any atom is -0.497 e. The summed E-state index contributed by atoms with van der Waals surface area (Å²) >= 11 is 1.67. The molecule has 3 nitrogen and oxygen atoms in total. The quantitative estimate of drug-likeness (QED) is 0.689. The maximum atomic E-state index is 13.3. The lowest BCUT2D eigenvalue weighted by Crippen LogP contribution is -2.06. The molecule has 0 saturated heterocycles. The number of alkyl halides is 1. The van der Waals surface area contributed by atoms with E-state index in [1.165, 1.54) is 25.3 Å². The molecule has 76 valence electrons. The fourth-order valence-electron chi connectivity index (χ4n) is 0.973. The number of methoxy groups -OCH3 is 1. The molecule has 0 spiro atoms. The average Bonchev–Trinajstić information content (AvgIpc) is 2.16. The minimum absolute atomic E-state index is 0.152. The van der Waals surface area contributed by atoms with Crippen molar-refractivity contribution >= 4 is 28.6 Å². The highest BCUT2D eigenvalue weighted by Gasteiger charge is 2.19. The van der Waals surface area contributed by atoms with Crippen LogP contribution in [0.3, 0.4) is 0 Å². The van der Waals surface area contributed by atoms with Crippen LogP contribution in [0.1, 0.15) is 9.49 Å². The predicted molar refractivity (Wildman–Crippen MR) is 57.3 cm³/mol. The molecular formula is C9H8FIO3. The lowest BCUT2D eigenvalue weighted by molar-refractivity contribution is -0.136. The van der Waals surface area contributed by atoms with Crippen LogP contribution < -0.4 is 4.74 Å². The van der Waals surface area contributed by atoms with Gasteiger partial charge >= 0.3 is 5.97 Å². The summed E-state index contributed by atoms with van der Waals surface area (Å²) < 4.78 is 17.2. The van der Waals surface area contributed by atoms with E-state index in [4.69, 9.17) is 9.84 Å². The summed E-state index contributed by atoms with van der Waals surface area (Å²) in [5.41, 5.74) is 0.152. The van der Waals surface area contributed by atoms with Gasteiger partial charge in [-0.25, -0.2) is 4.39 Å². The van der Waals surface area contributed by atoms with Gasteiger partial charge in [0.05, 0.1) is 7.11 Å². The summed E-state index contributed by atoms with van der Waals surface area (Å²) in [6, 6.07) is 4.12. The first-order valence-electron chi connectivity index (χ1n) is 3.76. The van der Waals surface area contributed by atoms with E-state index in [1.54, 1.807) is 22.6 Å². The molecule has 1 rings (SSSR count). The smallest absolute Gasteiger partial charge is 0.321 e. The molecule has 0 aromatic heterocycles. The molecule has 0 amide bonds. The Bertz CT molecular complexity index is 354. The summed E-state index contributed by atoms with van der Waals surface area (Å²) in [6.07, 6.45) is 0. The molecule has 1 atom stereocenters. The van der Waals surface area contributed by atoms with Crippen LogP contribution in [-0.4, -0.2) is 18.2 Å². The largest absolute Gasteiger partial charge is 0.497 e. The SMILES string of the molecule is COc1ccc(C(I)C(=O)O)c(F)c1. The van der Waals surface area contributed by atoms with Crippen LogP contribution in [0, 0.1) is 5.82 Å². The zero-order chi connectivity index (χ0) is 10.7. The number of halogens is 2. The molecule has 0 saturated carbocycles. The van der Waals surface area contributed by atoms with E-state index in [-0.39, 0.29) is 5.56 Å². The van der Waals surface area contributed by atoms with E-state index >= 15 is 0 Å². The van der Waals surface area contributed by atoms with Crippen molar-refractivity contribution < 1.29 is 19.0 Å². The van der Waals surface area contributed by atoms with Crippen molar-refractivity contribution in [2.24, 2.45) is 0 Å². The molecule has 1 aromatic rings. The first-order valence-corrected chi connectivity index (χ1v) is 5.01. The van der Waals surface area contributed by atoms with E-state index in [2.05, 4.69) is 0 Å². The van der Waals surface area contributed by atoms with Crippen LogP contribution in [-0.2, 0) is 4.79 Å². The zero-order valence-corrected chi connectivity index (χ0v) is 9.49. The number of carboxylic acid groups (broad SMARTS) is 1. The van der Waals surface area contributed by atoms with Crippen molar-refractivity contribution in [3.8, 4) is 5.75 Å². The monoisotopic (exact) mass is 310 g/mol. The van der Waals surface area contributed by atoms with Crippen LogP contribution >= 0.6 is 22.6 Å². The Kier molecular flexibility index (Phi) is 3.68. The average molecular weight is 310 g/mol. The number of aliphatic carboxylic acids is 1. The second-order valence-corrected chi connectivity index (χ2v) is 3.83. The summed E-state index contributed by atoms with van der Waals surface area (Å²) in [4.78, 5) is 10.6. The lowest BCUT2D eigenvalue weighted by Gasteiger charge is -2.07. The Morgan fingerprint density at radius 1 is 1.64 bits per heavy atom. The van der Waals surface area contributed by atoms with Crippen LogP contribution in [0.15, 0.2) is 18.2 Å². The Balaban J connectivity index is 3.05. The van der Waals surface area contributed by atoms with Gasteiger partial charge in [0.1, 0.15) is 15.5 Å². The third kappa shape index (κ3) is 2.34. The molecule has 0 radical (unpaired) electrons. The highest BCUT2D eigenvalue weighted by Crippen LogP contribution is 2.28. The maximum absolute atomic E-state index is 13.3. The molecule has 0 aliphatic rings. The summed E-state index contributed by atoms with van der Waals surface area (Å²) in [5.74, 6) is -1.25. The van der Waals surface area contributed by atoms with E-state index in [0.29, 0.717) is 5.75 Å². The third-order valence-electron chi connectivity index (χ3n) is 1.70. The molecule has 1 unspecified atom stereocenters. The van der Waals surface area contributed by atoms with Gasteiger partial charge in [-0.1, -0.05) is 28.7 Å². The van der Waals surface area contributed by atoms with Gasteiger partial charge in [-0.2, -0.15) is 0 Å². The molecule has 0 bridgehead atoms. The Hall–Kier alpha value is -0.850. The molecule has 1 aromatic carbocycles. The van der Waals surface area contributed by atoms with Crippen molar-refractivity contribution in [2.75, 3.05) is 7.11 Å². The maximum Gasteiger partial charge on any atom is 0.321 e. The van der Waals surface area contributed by atoms with Gasteiger partial charge in [-0.3, -0.25) is 4.79 Å². The second-order valence-electron chi connectivity index (χ2n) is 2.59. The summed E-state index contributed by atoms with van der Waals surface area (Å²) in [7, 11) is 1.42. The van der Waals surface area contributed by atoms with Gasteiger partial charge < -0.3 is 9.84 Å². The van der Waals surface area contributed by atoms with Gasteiger partial charge in [0.25, 0.3) is 0 Å². The highest BCUT2D eigenvalue weighted by atomic mass is 127. The highest BCUT2D eigenvalue weighted by molar-refractivity contribution is 14.1. The third-order valence-corrected chi connectivity index (χ3v) is 2.90. The van der Waals surface area contributed by atoms with E-state index in [9.17, 15) is 9.18 Å². The molecule has 1 N–H and O–H groups in total. The van der Waals surface area contributed by atoms with Gasteiger partial charge in [0.2, 0.25) is 0 Å². The molecule has 0 aliphatic carbocycles. The first kappa shape index (κ1) is 11.2. The predicted octanol–water partition coefficient (Wildman–Crippen LogP) is 2.39. The van der Waals surface area contributed by atoms with E-state index in [0.717, 1.165) is 0 Å². The molecule has 0 fully saturated rings. The van der Waals surface area contributed by atoms with Gasteiger partial charge in [-0.05, 0) is 6.07 Å². The van der Waals surface area contributed by atoms with Gasteiger partial charge in [0, 0.05) is 11.6 Å². The van der Waals surface area contributed by atoms with Crippen molar-refractivity contribution in [3.63, 3.8) is 0 Å². The zero-order valence-electron chi connectivity index (χ0n) is 7.33. The van der Waals surface area contributed by atoms with Crippen LogP contribution in [0.4, 0.5) is 4.39 Å². The fraction of sp³-hybridized carbons (Fsp3) is 0.222. The summed E-state index contributed by atoms with van der Waals surface area (Å²) in [5, 5.41) is 8.68. The molecule has 14 heavy (non-hydrogen) atoms. The standard InChI is InChI=1S/C9H8FIO3/c1-14-5-2-3-6(7(10)4-5)8(11)9(12)13/h2-4,8H,1H3,(H,12,13). The van der Waals surface area contributed by atoms with Crippen LogP contribution in [0.25, 0.3) is 0 Å². The molecular weight excluding hydrogens is 302 g/mol. The molecule has 5 heteroatoms. The number of hydrogen-bond acceptors (Lipinski definition) is 2. The topological polar surface area (TPSA) is 46.5 Å². The van der Waals surface area contributed by atoms with Gasteiger partial charge in [-0.15, -0.1) is 0 Å². The van der Waals surface area contributed by atoms with Crippen LogP contribution in [0.5, 0.6) is 5.75 Å². The first-order chi connectivity index (χ1) is 6.56. The Morgan fingerprint density at radius 3 is 2.71 bits per heavy atom. The number of hydrogen-bond donors (Lipinski definition) is 1. The van der Waals surface area contributed by atoms with E-state index < -0.39 is 15.7 Å². The molecule has 0 heterocycles. The van der Waals surface area contributed by atoms with Crippen molar-refractivity contribution in [2.45, 2.75) is 3.92 Å². The number of ether oxygens (including phenoxy) is 1. The number of benzene rings is 1. The second kappa shape index (κ2) is 4.59. The minimum atomic E-state index is -1.06. The van der Waals surface area contributed by atoms with Crippen molar-refractivity contribution in [1.29, 1.82) is 0 Å². The number of rotatable bonds is 3. The summed E-state index contributed by atoms with van der Waals surface area (Å²) in [6.45, 7) is 0. The van der Waals surface area contributed by atoms with Crippen molar-refractivity contribution in [1.82, 2.24) is 0 Å². The Morgan fingerprint density at radius 2 is 2.29 bits per heavy atom. The van der Waals surface area contributed by atoms with Crippen LogP contribution in [0.2, 0.25) is 0 Å². The normalized spacial score (nSPS) is 12.2. The lowest BCUT2D eigenvalue weighted by atomic mass is 10.1. The Labute approximate surface area is 94.0 Å².